The van der Waals surface area contributed by atoms with Crippen LogP contribution in [0.4, 0.5) is 11.5 Å². The second kappa shape index (κ2) is 10.9. The van der Waals surface area contributed by atoms with Crippen molar-refractivity contribution >= 4 is 44.8 Å². The third-order valence-corrected chi connectivity index (χ3v) is 5.80. The highest BCUT2D eigenvalue weighted by Gasteiger charge is 2.16. The van der Waals surface area contributed by atoms with Gasteiger partial charge in [0.15, 0.2) is 5.11 Å². The normalized spacial score (nSPS) is 10.9. The smallest absolute Gasteiger partial charge is 0.263 e. The average Bonchev–Trinajstić information content (AvgIpc) is 2.79. The Kier molecular flexibility index (Phi) is 7.97. The molecule has 0 aliphatic carbocycles. The Hall–Kier alpha value is -3.77. The predicted molar refractivity (Wildman–Crippen MR) is 132 cm³/mol. The number of anilines is 2. The van der Waals surface area contributed by atoms with E-state index in [4.69, 9.17) is 21.7 Å². The summed E-state index contributed by atoms with van der Waals surface area (Å²) in [6.07, 6.45) is 1.22. The molecule has 0 unspecified atom stereocenters. The molecule has 0 atom stereocenters. The van der Waals surface area contributed by atoms with Gasteiger partial charge >= 0.3 is 0 Å². The quantitative estimate of drug-likeness (QED) is 0.398. The maximum atomic E-state index is 12.6. The van der Waals surface area contributed by atoms with Crippen molar-refractivity contribution in [1.82, 2.24) is 15.3 Å². The molecule has 1 amide bonds. The van der Waals surface area contributed by atoms with E-state index in [1.807, 2.05) is 13.8 Å². The van der Waals surface area contributed by atoms with Gasteiger partial charge in [-0.3, -0.25) is 14.8 Å². The number of hydrogen-bond acceptors (Lipinski definition) is 8. The topological polar surface area (TPSA) is 132 Å². The van der Waals surface area contributed by atoms with E-state index in [0.29, 0.717) is 17.0 Å². The summed E-state index contributed by atoms with van der Waals surface area (Å²) in [6, 6.07) is 13.9. The van der Waals surface area contributed by atoms with Gasteiger partial charge in [0.25, 0.3) is 15.9 Å². The number of nitrogens with zero attached hydrogens (tertiary/aromatic N) is 2. The van der Waals surface area contributed by atoms with Gasteiger partial charge in [-0.25, -0.2) is 18.4 Å². The number of sulfonamides is 1. The molecule has 0 aliphatic rings. The number of thiocarbonyl (C=S) groups is 1. The number of benzene rings is 2. The summed E-state index contributed by atoms with van der Waals surface area (Å²) in [5.41, 5.74) is 0.905. The van der Waals surface area contributed by atoms with Crippen LogP contribution in [0.2, 0.25) is 0 Å². The van der Waals surface area contributed by atoms with Gasteiger partial charge in [0.2, 0.25) is 5.88 Å². The van der Waals surface area contributed by atoms with Crippen molar-refractivity contribution in [3.63, 3.8) is 0 Å². The van der Waals surface area contributed by atoms with Crippen molar-refractivity contribution in [3.05, 3.63) is 66.5 Å². The second-order valence-electron chi connectivity index (χ2n) is 7.17. The lowest BCUT2D eigenvalue weighted by Crippen LogP contribution is -2.34. The van der Waals surface area contributed by atoms with Crippen LogP contribution in [0.3, 0.4) is 0 Å². The third kappa shape index (κ3) is 6.86. The Morgan fingerprint density at radius 3 is 2.32 bits per heavy atom. The van der Waals surface area contributed by atoms with Gasteiger partial charge in [-0.15, -0.1) is 0 Å². The number of amides is 1. The third-order valence-electron chi connectivity index (χ3n) is 4.23. The summed E-state index contributed by atoms with van der Waals surface area (Å²) >= 11 is 5.19. The largest absolute Gasteiger partial charge is 0.491 e. The summed E-state index contributed by atoms with van der Waals surface area (Å²) < 4.78 is 38.1. The van der Waals surface area contributed by atoms with Gasteiger partial charge in [-0.05, 0) is 74.6 Å². The molecule has 12 heteroatoms. The van der Waals surface area contributed by atoms with E-state index in [9.17, 15) is 13.2 Å². The monoisotopic (exact) mass is 501 g/mol. The molecule has 0 saturated heterocycles. The van der Waals surface area contributed by atoms with E-state index >= 15 is 0 Å². The van der Waals surface area contributed by atoms with Gasteiger partial charge in [0.1, 0.15) is 17.9 Å². The lowest BCUT2D eigenvalue weighted by Gasteiger charge is -2.12. The van der Waals surface area contributed by atoms with Crippen LogP contribution in [0.15, 0.2) is 65.8 Å². The minimum Gasteiger partial charge on any atom is -0.491 e. The van der Waals surface area contributed by atoms with E-state index in [1.165, 1.54) is 43.8 Å². The van der Waals surface area contributed by atoms with Crippen molar-refractivity contribution in [2.45, 2.75) is 24.8 Å². The molecule has 0 spiro atoms. The first kappa shape index (κ1) is 24.9. The maximum Gasteiger partial charge on any atom is 0.263 e. The summed E-state index contributed by atoms with van der Waals surface area (Å²) in [5.74, 6) is 0.567. The van der Waals surface area contributed by atoms with Crippen LogP contribution < -0.4 is 24.8 Å². The number of ether oxygens (including phenoxy) is 2. The summed E-state index contributed by atoms with van der Waals surface area (Å²) in [6.45, 7) is 3.83. The van der Waals surface area contributed by atoms with Crippen molar-refractivity contribution in [2.24, 2.45) is 0 Å². The van der Waals surface area contributed by atoms with Crippen LogP contribution in [-0.2, 0) is 10.0 Å². The van der Waals surface area contributed by atoms with E-state index in [0.717, 1.165) is 0 Å². The van der Waals surface area contributed by atoms with Crippen molar-refractivity contribution < 1.29 is 22.7 Å². The number of rotatable bonds is 8. The zero-order valence-corrected chi connectivity index (χ0v) is 20.2. The molecule has 3 rings (SSSR count). The standard InChI is InChI=1S/C22H23N5O5S2/c1-14(2)32-17-8-4-15(5-9-17)21(28)26-22(33)25-16-6-10-18(11-7-16)34(29,30)27-19-12-20(31-3)24-13-23-19/h4-14H,1-3H3,(H,23,24,27)(H2,25,26,28,33). The SMILES string of the molecule is COc1cc(NS(=O)(=O)c2ccc(NC(=S)NC(=O)c3ccc(OC(C)C)cc3)cc2)ncn1. The second-order valence-corrected chi connectivity index (χ2v) is 9.27. The van der Waals surface area contributed by atoms with Crippen molar-refractivity contribution in [2.75, 3.05) is 17.1 Å². The molecule has 2 aromatic carbocycles. The summed E-state index contributed by atoms with van der Waals surface area (Å²) in [7, 11) is -2.47. The molecule has 34 heavy (non-hydrogen) atoms. The van der Waals surface area contributed by atoms with Crippen LogP contribution in [0.25, 0.3) is 0 Å². The number of carbonyl (C=O) groups is 1. The Bertz CT molecular complexity index is 1260. The predicted octanol–water partition coefficient (Wildman–Crippen LogP) is 3.20. The molecule has 0 saturated carbocycles. The first-order chi connectivity index (χ1) is 16.2. The van der Waals surface area contributed by atoms with Crippen molar-refractivity contribution in [1.29, 1.82) is 0 Å². The molecule has 0 bridgehead atoms. The Morgan fingerprint density at radius 1 is 1.03 bits per heavy atom. The van der Waals surface area contributed by atoms with Crippen LogP contribution >= 0.6 is 12.2 Å². The number of carbonyl (C=O) groups excluding carboxylic acids is 1. The minimum absolute atomic E-state index is 0.00860. The van der Waals surface area contributed by atoms with Crippen molar-refractivity contribution in [3.8, 4) is 11.6 Å². The van der Waals surface area contributed by atoms with Crippen LogP contribution in [0.5, 0.6) is 11.6 Å². The van der Waals surface area contributed by atoms with Crippen LogP contribution in [-0.4, -0.2) is 42.6 Å². The molecular weight excluding hydrogens is 478 g/mol. The van der Waals surface area contributed by atoms with Gasteiger partial charge in [-0.1, -0.05) is 0 Å². The van der Waals surface area contributed by atoms with E-state index in [1.54, 1.807) is 24.3 Å². The fraction of sp³-hybridized carbons (Fsp3) is 0.182. The van der Waals surface area contributed by atoms with Gasteiger partial charge in [0.05, 0.1) is 18.1 Å². The van der Waals surface area contributed by atoms with Gasteiger partial charge in [-0.2, -0.15) is 0 Å². The first-order valence-electron chi connectivity index (χ1n) is 10.0. The van der Waals surface area contributed by atoms with Crippen LogP contribution in [0, 0.1) is 0 Å². The highest BCUT2D eigenvalue weighted by molar-refractivity contribution is 7.92. The van der Waals surface area contributed by atoms with Gasteiger partial charge < -0.3 is 14.8 Å². The molecule has 178 valence electrons. The molecule has 0 fully saturated rings. The maximum absolute atomic E-state index is 12.6. The first-order valence-corrected chi connectivity index (χ1v) is 11.9. The molecule has 1 heterocycles. The number of hydrogen-bond donors (Lipinski definition) is 3. The average molecular weight is 502 g/mol. The molecule has 0 aliphatic heterocycles. The zero-order chi connectivity index (χ0) is 24.7. The molecule has 0 radical (unpaired) electrons. The minimum atomic E-state index is -3.89. The Morgan fingerprint density at radius 2 is 1.71 bits per heavy atom. The van der Waals surface area contributed by atoms with E-state index in [-0.39, 0.29) is 27.8 Å². The number of aromatic nitrogens is 2. The summed E-state index contributed by atoms with van der Waals surface area (Å²) in [5, 5.41) is 5.49. The molecule has 10 nitrogen and oxygen atoms in total. The summed E-state index contributed by atoms with van der Waals surface area (Å²) in [4.78, 5) is 20.1. The highest BCUT2D eigenvalue weighted by Crippen LogP contribution is 2.19. The number of methoxy groups -OCH3 is 1. The molecule has 1 aromatic heterocycles. The van der Waals surface area contributed by atoms with Crippen LogP contribution in [0.1, 0.15) is 24.2 Å². The fourth-order valence-corrected chi connectivity index (χ4v) is 3.93. The Balaban J connectivity index is 1.59. The van der Waals surface area contributed by atoms with E-state index in [2.05, 4.69) is 25.3 Å². The molecular formula is C22H23N5O5S2. The van der Waals surface area contributed by atoms with E-state index < -0.39 is 15.9 Å². The number of nitrogens with one attached hydrogen (secondary N) is 3. The fourth-order valence-electron chi connectivity index (χ4n) is 2.72. The highest BCUT2D eigenvalue weighted by atomic mass is 32.2. The Labute approximate surface area is 202 Å². The molecule has 3 N–H and O–H groups in total. The lowest BCUT2D eigenvalue weighted by molar-refractivity contribution is 0.0977. The molecule has 3 aromatic rings. The zero-order valence-electron chi connectivity index (χ0n) is 18.6. The van der Waals surface area contributed by atoms with Gasteiger partial charge in [0, 0.05) is 17.3 Å². The lowest BCUT2D eigenvalue weighted by atomic mass is 10.2.